The Morgan fingerprint density at radius 2 is 1.90 bits per heavy atom. The average Bonchev–Trinajstić information content (AvgIpc) is 3.01. The van der Waals surface area contributed by atoms with E-state index in [9.17, 15) is 9.59 Å². The quantitative estimate of drug-likeness (QED) is 0.340. The lowest BCUT2D eigenvalue weighted by Crippen LogP contribution is -2.30. The summed E-state index contributed by atoms with van der Waals surface area (Å²) < 4.78 is 11.9. The van der Waals surface area contributed by atoms with Crippen LogP contribution in [-0.2, 0) is 17.8 Å². The zero-order valence-electron chi connectivity index (χ0n) is 17.6. The average molecular weight is 441 g/mol. The Morgan fingerprint density at radius 3 is 2.55 bits per heavy atom. The molecule has 0 saturated carbocycles. The predicted octanol–water partition coefficient (Wildman–Crippen LogP) is 4.96. The van der Waals surface area contributed by atoms with Crippen LogP contribution >= 0.6 is 11.6 Å². The minimum Gasteiger partial charge on any atom is -0.490 e. The number of rotatable bonds is 9. The van der Waals surface area contributed by atoms with Crippen LogP contribution in [0.15, 0.2) is 54.8 Å². The molecule has 1 saturated heterocycles. The monoisotopic (exact) mass is 440 g/mol. The van der Waals surface area contributed by atoms with Gasteiger partial charge in [0.2, 0.25) is 0 Å². The number of nitrogens with one attached hydrogen (secondary N) is 1. The number of carbonyl (C=O) groups is 2. The van der Waals surface area contributed by atoms with Gasteiger partial charge in [-0.25, -0.2) is 4.79 Å². The SMILES string of the molecule is C=CCc1cc(/C=C2/NC(=O)N(CC)C2=O)cc(OCC)c1OCc1ccccc1Cl. The highest BCUT2D eigenvalue weighted by Crippen LogP contribution is 2.36. The molecule has 31 heavy (non-hydrogen) atoms. The summed E-state index contributed by atoms with van der Waals surface area (Å²) in [6, 6.07) is 10.8. The number of benzene rings is 2. The van der Waals surface area contributed by atoms with Gasteiger partial charge >= 0.3 is 6.03 Å². The number of hydrogen-bond donors (Lipinski definition) is 1. The summed E-state index contributed by atoms with van der Waals surface area (Å²) in [5.74, 6) is 0.792. The molecule has 1 N–H and O–H groups in total. The maximum absolute atomic E-state index is 12.4. The van der Waals surface area contributed by atoms with Gasteiger partial charge in [-0.2, -0.15) is 0 Å². The van der Waals surface area contributed by atoms with Crippen molar-refractivity contribution in [2.45, 2.75) is 26.9 Å². The van der Waals surface area contributed by atoms with Gasteiger partial charge in [-0.1, -0.05) is 35.9 Å². The lowest BCUT2D eigenvalue weighted by atomic mass is 10.0. The molecule has 0 radical (unpaired) electrons. The molecule has 1 aliphatic rings. The lowest BCUT2D eigenvalue weighted by Gasteiger charge is -2.17. The molecule has 1 aliphatic heterocycles. The van der Waals surface area contributed by atoms with Crippen LogP contribution in [0.2, 0.25) is 5.02 Å². The largest absolute Gasteiger partial charge is 0.490 e. The van der Waals surface area contributed by atoms with Crippen LogP contribution < -0.4 is 14.8 Å². The van der Waals surface area contributed by atoms with Crippen molar-refractivity contribution in [3.8, 4) is 11.5 Å². The number of carbonyl (C=O) groups excluding carboxylic acids is 2. The van der Waals surface area contributed by atoms with E-state index in [-0.39, 0.29) is 18.2 Å². The molecule has 0 aliphatic carbocycles. The highest BCUT2D eigenvalue weighted by atomic mass is 35.5. The summed E-state index contributed by atoms with van der Waals surface area (Å²) >= 11 is 6.26. The van der Waals surface area contributed by atoms with Gasteiger partial charge in [0.15, 0.2) is 11.5 Å². The minimum atomic E-state index is -0.421. The third kappa shape index (κ3) is 5.09. The fourth-order valence-corrected chi connectivity index (χ4v) is 3.48. The molecule has 2 aromatic carbocycles. The van der Waals surface area contributed by atoms with E-state index in [0.717, 1.165) is 16.0 Å². The molecule has 3 amide bonds. The molecule has 0 bridgehead atoms. The minimum absolute atomic E-state index is 0.226. The molecular formula is C24H25ClN2O4. The number of imide groups is 1. The van der Waals surface area contributed by atoms with Crippen molar-refractivity contribution in [2.24, 2.45) is 0 Å². The van der Waals surface area contributed by atoms with Crippen molar-refractivity contribution < 1.29 is 19.1 Å². The Balaban J connectivity index is 1.97. The van der Waals surface area contributed by atoms with E-state index in [2.05, 4.69) is 11.9 Å². The van der Waals surface area contributed by atoms with Gasteiger partial charge in [0.1, 0.15) is 12.3 Å². The first-order valence-corrected chi connectivity index (χ1v) is 10.5. The van der Waals surface area contributed by atoms with Gasteiger partial charge in [-0.3, -0.25) is 9.69 Å². The molecule has 2 aromatic rings. The summed E-state index contributed by atoms with van der Waals surface area (Å²) in [6.07, 6.45) is 3.95. The van der Waals surface area contributed by atoms with E-state index in [4.69, 9.17) is 21.1 Å². The molecule has 6 nitrogen and oxygen atoms in total. The molecule has 1 fully saturated rings. The Morgan fingerprint density at radius 1 is 1.13 bits per heavy atom. The van der Waals surface area contributed by atoms with E-state index in [1.807, 2.05) is 37.3 Å². The van der Waals surface area contributed by atoms with E-state index in [1.54, 1.807) is 25.1 Å². The van der Waals surface area contributed by atoms with Crippen LogP contribution in [0.3, 0.4) is 0 Å². The molecule has 7 heteroatoms. The first-order chi connectivity index (χ1) is 15.0. The third-order valence-electron chi connectivity index (χ3n) is 4.74. The molecule has 0 atom stereocenters. The maximum atomic E-state index is 12.4. The fraction of sp³-hybridized carbons (Fsp3) is 0.250. The maximum Gasteiger partial charge on any atom is 0.328 e. The van der Waals surface area contributed by atoms with Crippen LogP contribution in [0.1, 0.15) is 30.5 Å². The second-order valence-corrected chi connectivity index (χ2v) is 7.26. The number of hydrogen-bond acceptors (Lipinski definition) is 4. The molecule has 0 spiro atoms. The molecule has 0 unspecified atom stereocenters. The van der Waals surface area contributed by atoms with Gasteiger partial charge in [0, 0.05) is 22.7 Å². The molecule has 162 valence electrons. The standard InChI is InChI=1S/C24H25ClN2O4/c1-4-9-17-12-16(13-20-23(28)27(5-2)24(29)26-20)14-21(30-6-3)22(17)31-15-18-10-7-8-11-19(18)25/h4,7-8,10-14H,1,5-6,9,15H2,2-3H3,(H,26,29)/b20-13+. The Bertz CT molecular complexity index is 1030. The summed E-state index contributed by atoms with van der Waals surface area (Å²) in [5.41, 5.74) is 2.65. The van der Waals surface area contributed by atoms with Crippen LogP contribution in [0.5, 0.6) is 11.5 Å². The highest BCUT2D eigenvalue weighted by Gasteiger charge is 2.32. The van der Waals surface area contributed by atoms with Crippen molar-refractivity contribution in [3.63, 3.8) is 0 Å². The second-order valence-electron chi connectivity index (χ2n) is 6.85. The van der Waals surface area contributed by atoms with Crippen molar-refractivity contribution in [1.82, 2.24) is 10.2 Å². The van der Waals surface area contributed by atoms with Gasteiger partial charge in [0.05, 0.1) is 6.61 Å². The first-order valence-electron chi connectivity index (χ1n) is 10.1. The van der Waals surface area contributed by atoms with Crippen molar-refractivity contribution >= 4 is 29.6 Å². The van der Waals surface area contributed by atoms with E-state index in [1.165, 1.54) is 0 Å². The van der Waals surface area contributed by atoms with Gasteiger partial charge in [-0.05, 0) is 50.1 Å². The zero-order valence-corrected chi connectivity index (χ0v) is 18.4. The number of urea groups is 1. The normalized spacial score (nSPS) is 14.7. The Kier molecular flexibility index (Phi) is 7.36. The Labute approximate surface area is 187 Å². The zero-order chi connectivity index (χ0) is 22.4. The van der Waals surface area contributed by atoms with Gasteiger partial charge in [0.25, 0.3) is 5.91 Å². The highest BCUT2D eigenvalue weighted by molar-refractivity contribution is 6.31. The number of allylic oxidation sites excluding steroid dienone is 1. The van der Waals surface area contributed by atoms with Crippen molar-refractivity contribution in [3.05, 3.63) is 76.5 Å². The predicted molar refractivity (Wildman–Crippen MR) is 121 cm³/mol. The first kappa shape index (κ1) is 22.4. The number of nitrogens with zero attached hydrogens (tertiary/aromatic N) is 1. The van der Waals surface area contributed by atoms with E-state index < -0.39 is 6.03 Å². The Hall–Kier alpha value is -3.25. The molecule has 1 heterocycles. The van der Waals surface area contributed by atoms with Gasteiger partial charge < -0.3 is 14.8 Å². The van der Waals surface area contributed by atoms with E-state index >= 15 is 0 Å². The fourth-order valence-electron chi connectivity index (χ4n) is 3.29. The second kappa shape index (κ2) is 10.2. The number of likely N-dealkylation sites (N-methyl/N-ethyl adjacent to an activating group) is 1. The van der Waals surface area contributed by atoms with Crippen LogP contribution in [0, 0.1) is 0 Å². The molecule has 0 aromatic heterocycles. The smallest absolute Gasteiger partial charge is 0.328 e. The van der Waals surface area contributed by atoms with E-state index in [0.29, 0.717) is 41.7 Å². The number of halogens is 1. The summed E-state index contributed by atoms with van der Waals surface area (Å²) in [7, 11) is 0. The van der Waals surface area contributed by atoms with Crippen LogP contribution in [0.4, 0.5) is 4.79 Å². The summed E-state index contributed by atoms with van der Waals surface area (Å²) in [5, 5.41) is 3.24. The number of amides is 3. The van der Waals surface area contributed by atoms with Crippen molar-refractivity contribution in [2.75, 3.05) is 13.2 Å². The number of ether oxygens (including phenoxy) is 2. The molecule has 3 rings (SSSR count). The summed E-state index contributed by atoms with van der Waals surface area (Å²) in [4.78, 5) is 25.5. The molecular weight excluding hydrogens is 416 g/mol. The van der Waals surface area contributed by atoms with Crippen molar-refractivity contribution in [1.29, 1.82) is 0 Å². The van der Waals surface area contributed by atoms with Gasteiger partial charge in [-0.15, -0.1) is 6.58 Å². The van der Waals surface area contributed by atoms with Crippen LogP contribution in [0.25, 0.3) is 6.08 Å². The lowest BCUT2D eigenvalue weighted by molar-refractivity contribution is -0.122. The third-order valence-corrected chi connectivity index (χ3v) is 5.11. The van der Waals surface area contributed by atoms with Crippen LogP contribution in [-0.4, -0.2) is 30.0 Å². The summed E-state index contributed by atoms with van der Waals surface area (Å²) in [6.45, 7) is 8.50. The topological polar surface area (TPSA) is 67.9 Å².